The van der Waals surface area contributed by atoms with Gasteiger partial charge in [-0.2, -0.15) is 0 Å². The van der Waals surface area contributed by atoms with Gasteiger partial charge in [0.1, 0.15) is 0 Å². The fourth-order valence-electron chi connectivity index (χ4n) is 2.83. The predicted molar refractivity (Wildman–Crippen MR) is 132 cm³/mol. The standard InChI is InChI=1S/C22H32N4O2.HI/c1-6-23-22(24-15-17-9-8-10-18(13-17)16-26(3)4)25-19-11-12-20(27-5)21(14-19)28-7-2;/h8-14H,6-7,15-16H2,1-5H3,(H2,23,24,25);1H. The first-order chi connectivity index (χ1) is 13.5. The van der Waals surface area contributed by atoms with E-state index in [1.54, 1.807) is 7.11 Å². The Morgan fingerprint density at radius 1 is 1.03 bits per heavy atom. The minimum Gasteiger partial charge on any atom is -0.493 e. The third-order valence-corrected chi connectivity index (χ3v) is 3.98. The molecule has 2 N–H and O–H groups in total. The van der Waals surface area contributed by atoms with E-state index in [1.807, 2.05) is 25.1 Å². The van der Waals surface area contributed by atoms with Crippen LogP contribution in [-0.4, -0.2) is 45.2 Å². The summed E-state index contributed by atoms with van der Waals surface area (Å²) in [5.74, 6) is 2.16. The lowest BCUT2D eigenvalue weighted by Gasteiger charge is -2.15. The third kappa shape index (κ3) is 8.49. The van der Waals surface area contributed by atoms with E-state index in [0.717, 1.165) is 24.7 Å². The van der Waals surface area contributed by atoms with Crippen molar-refractivity contribution < 1.29 is 9.47 Å². The van der Waals surface area contributed by atoms with E-state index in [1.165, 1.54) is 11.1 Å². The maximum Gasteiger partial charge on any atom is 0.196 e. The minimum atomic E-state index is 0. The summed E-state index contributed by atoms with van der Waals surface area (Å²) in [6.07, 6.45) is 0. The van der Waals surface area contributed by atoms with Crippen molar-refractivity contribution in [2.75, 3.05) is 39.7 Å². The van der Waals surface area contributed by atoms with Crippen LogP contribution in [0, 0.1) is 0 Å². The summed E-state index contributed by atoms with van der Waals surface area (Å²) in [4.78, 5) is 6.89. The molecule has 2 rings (SSSR count). The zero-order valence-corrected chi connectivity index (χ0v) is 20.3. The van der Waals surface area contributed by atoms with E-state index >= 15 is 0 Å². The summed E-state index contributed by atoms with van der Waals surface area (Å²) in [5, 5.41) is 6.63. The van der Waals surface area contributed by atoms with Gasteiger partial charge in [-0.1, -0.05) is 24.3 Å². The molecule has 0 bridgehead atoms. The molecule has 0 atom stereocenters. The van der Waals surface area contributed by atoms with Crippen molar-refractivity contribution in [3.8, 4) is 11.5 Å². The van der Waals surface area contributed by atoms with Crippen LogP contribution in [0.15, 0.2) is 47.5 Å². The average Bonchev–Trinajstić information content (AvgIpc) is 2.67. The van der Waals surface area contributed by atoms with Gasteiger partial charge in [0.2, 0.25) is 0 Å². The van der Waals surface area contributed by atoms with Crippen LogP contribution in [0.4, 0.5) is 5.69 Å². The Morgan fingerprint density at radius 2 is 1.79 bits per heavy atom. The number of benzene rings is 2. The highest BCUT2D eigenvalue weighted by atomic mass is 127. The van der Waals surface area contributed by atoms with Gasteiger partial charge in [0.15, 0.2) is 17.5 Å². The SMILES string of the molecule is CCNC(=NCc1cccc(CN(C)C)c1)Nc1ccc(OC)c(OCC)c1.I. The summed E-state index contributed by atoms with van der Waals surface area (Å²) in [5.41, 5.74) is 3.36. The van der Waals surface area contributed by atoms with Crippen LogP contribution in [0.2, 0.25) is 0 Å². The van der Waals surface area contributed by atoms with Crippen molar-refractivity contribution in [3.63, 3.8) is 0 Å². The van der Waals surface area contributed by atoms with Gasteiger partial charge in [0.25, 0.3) is 0 Å². The van der Waals surface area contributed by atoms with Crippen LogP contribution in [0.1, 0.15) is 25.0 Å². The highest BCUT2D eigenvalue weighted by molar-refractivity contribution is 14.0. The van der Waals surface area contributed by atoms with E-state index in [9.17, 15) is 0 Å². The fourth-order valence-corrected chi connectivity index (χ4v) is 2.83. The van der Waals surface area contributed by atoms with Crippen LogP contribution in [0.5, 0.6) is 11.5 Å². The zero-order valence-electron chi connectivity index (χ0n) is 18.0. The molecule has 2 aromatic carbocycles. The lowest BCUT2D eigenvalue weighted by molar-refractivity contribution is 0.311. The van der Waals surface area contributed by atoms with Gasteiger partial charge in [-0.05, 0) is 51.2 Å². The molecule has 0 saturated heterocycles. The van der Waals surface area contributed by atoms with Gasteiger partial charge in [0.05, 0.1) is 20.3 Å². The van der Waals surface area contributed by atoms with Crippen LogP contribution in [0.3, 0.4) is 0 Å². The summed E-state index contributed by atoms with van der Waals surface area (Å²) >= 11 is 0. The summed E-state index contributed by atoms with van der Waals surface area (Å²) in [6.45, 7) is 6.88. The lowest BCUT2D eigenvalue weighted by Crippen LogP contribution is -2.30. The van der Waals surface area contributed by atoms with E-state index in [-0.39, 0.29) is 24.0 Å². The number of hydrogen-bond donors (Lipinski definition) is 2. The number of aliphatic imine (C=N–C) groups is 1. The number of anilines is 1. The molecule has 0 amide bonds. The maximum absolute atomic E-state index is 5.65. The first kappa shape index (κ1) is 25.0. The van der Waals surface area contributed by atoms with Crippen molar-refractivity contribution >= 4 is 35.6 Å². The largest absolute Gasteiger partial charge is 0.493 e. The fraction of sp³-hybridized carbons (Fsp3) is 0.409. The molecule has 7 heteroatoms. The molecule has 0 heterocycles. The van der Waals surface area contributed by atoms with E-state index < -0.39 is 0 Å². The molecule has 0 spiro atoms. The molecule has 160 valence electrons. The molecule has 0 aliphatic rings. The monoisotopic (exact) mass is 512 g/mol. The van der Waals surface area contributed by atoms with Gasteiger partial charge in [0, 0.05) is 24.8 Å². The molecule has 0 unspecified atom stereocenters. The Bertz CT molecular complexity index is 781. The Balaban J connectivity index is 0.00000420. The summed E-state index contributed by atoms with van der Waals surface area (Å²) in [6, 6.07) is 14.3. The van der Waals surface area contributed by atoms with Gasteiger partial charge >= 0.3 is 0 Å². The molecule has 0 saturated carbocycles. The van der Waals surface area contributed by atoms with Gasteiger partial charge in [-0.3, -0.25) is 0 Å². The van der Waals surface area contributed by atoms with Crippen molar-refractivity contribution in [1.29, 1.82) is 0 Å². The van der Waals surface area contributed by atoms with E-state index in [2.05, 4.69) is 60.8 Å². The van der Waals surface area contributed by atoms with E-state index in [4.69, 9.17) is 14.5 Å². The molecular weight excluding hydrogens is 479 g/mol. The molecular formula is C22H33IN4O2. The maximum atomic E-state index is 5.65. The second-order valence-electron chi connectivity index (χ2n) is 6.68. The van der Waals surface area contributed by atoms with Crippen LogP contribution < -0.4 is 20.1 Å². The smallest absolute Gasteiger partial charge is 0.196 e. The average molecular weight is 512 g/mol. The Hall–Kier alpha value is -2.00. The highest BCUT2D eigenvalue weighted by Crippen LogP contribution is 2.30. The quantitative estimate of drug-likeness (QED) is 0.297. The van der Waals surface area contributed by atoms with Crippen LogP contribution in [0.25, 0.3) is 0 Å². The molecule has 6 nitrogen and oxygen atoms in total. The number of halogens is 1. The van der Waals surface area contributed by atoms with Gasteiger partial charge < -0.3 is 25.0 Å². The molecule has 0 aliphatic heterocycles. The first-order valence-electron chi connectivity index (χ1n) is 9.64. The first-order valence-corrected chi connectivity index (χ1v) is 9.64. The molecule has 0 radical (unpaired) electrons. The van der Waals surface area contributed by atoms with Crippen molar-refractivity contribution in [1.82, 2.24) is 10.2 Å². The summed E-state index contributed by atoms with van der Waals surface area (Å²) in [7, 11) is 5.79. The second kappa shape index (κ2) is 13.3. The van der Waals surface area contributed by atoms with Crippen molar-refractivity contribution in [3.05, 3.63) is 53.6 Å². The summed E-state index contributed by atoms with van der Waals surface area (Å²) < 4.78 is 11.0. The topological polar surface area (TPSA) is 58.1 Å². The number of nitrogens with one attached hydrogen (secondary N) is 2. The number of nitrogens with zero attached hydrogens (tertiary/aromatic N) is 2. The molecule has 0 aromatic heterocycles. The minimum absolute atomic E-state index is 0. The molecule has 2 aromatic rings. The Labute approximate surface area is 191 Å². The van der Waals surface area contributed by atoms with Crippen LogP contribution >= 0.6 is 24.0 Å². The highest BCUT2D eigenvalue weighted by Gasteiger charge is 2.07. The Morgan fingerprint density at radius 3 is 2.45 bits per heavy atom. The lowest BCUT2D eigenvalue weighted by atomic mass is 10.1. The zero-order chi connectivity index (χ0) is 20.4. The van der Waals surface area contributed by atoms with Gasteiger partial charge in [-0.15, -0.1) is 24.0 Å². The van der Waals surface area contributed by atoms with Crippen molar-refractivity contribution in [2.24, 2.45) is 4.99 Å². The predicted octanol–water partition coefficient (Wildman–Crippen LogP) is 4.35. The van der Waals surface area contributed by atoms with Crippen LogP contribution in [-0.2, 0) is 13.1 Å². The number of rotatable bonds is 9. The van der Waals surface area contributed by atoms with Gasteiger partial charge in [-0.25, -0.2) is 4.99 Å². The normalized spacial score (nSPS) is 11.0. The van der Waals surface area contributed by atoms with Crippen molar-refractivity contribution in [2.45, 2.75) is 26.9 Å². The Kier molecular flexibility index (Phi) is 11.5. The molecule has 29 heavy (non-hydrogen) atoms. The number of hydrogen-bond acceptors (Lipinski definition) is 4. The molecule has 0 fully saturated rings. The number of methoxy groups -OCH3 is 1. The van der Waals surface area contributed by atoms with E-state index in [0.29, 0.717) is 24.7 Å². The third-order valence-electron chi connectivity index (χ3n) is 3.98. The molecule has 0 aliphatic carbocycles. The number of ether oxygens (including phenoxy) is 2. The second-order valence-corrected chi connectivity index (χ2v) is 6.68. The number of guanidine groups is 1.